The average molecular weight is 279 g/mol. The second kappa shape index (κ2) is 5.80. The molecule has 0 amide bonds. The number of thiocarbonyl (C=S) groups is 1. The van der Waals surface area contributed by atoms with E-state index in [-0.39, 0.29) is 4.99 Å². The van der Waals surface area contributed by atoms with E-state index in [2.05, 4.69) is 4.98 Å². The van der Waals surface area contributed by atoms with Crippen LogP contribution in [0, 0.1) is 0 Å². The lowest BCUT2D eigenvalue weighted by atomic mass is 10.2. The van der Waals surface area contributed by atoms with E-state index in [4.69, 9.17) is 34.3 Å². The van der Waals surface area contributed by atoms with Crippen LogP contribution in [0.15, 0.2) is 42.6 Å². The molecule has 0 aliphatic carbocycles. The topological polar surface area (TPSA) is 48.1 Å². The molecule has 1 aromatic carbocycles. The zero-order chi connectivity index (χ0) is 13.0. The Morgan fingerprint density at radius 3 is 2.89 bits per heavy atom. The Kier molecular flexibility index (Phi) is 4.12. The number of nitrogens with two attached hydrogens (primary N) is 1. The van der Waals surface area contributed by atoms with Crippen molar-refractivity contribution in [1.82, 2.24) is 4.98 Å². The highest BCUT2D eigenvalue weighted by molar-refractivity contribution is 7.80. The van der Waals surface area contributed by atoms with Gasteiger partial charge in [-0.3, -0.25) is 4.98 Å². The molecule has 0 radical (unpaired) electrons. The minimum absolute atomic E-state index is 0.264. The molecule has 0 fully saturated rings. The molecule has 0 aliphatic rings. The van der Waals surface area contributed by atoms with Gasteiger partial charge in [0.2, 0.25) is 0 Å². The summed E-state index contributed by atoms with van der Waals surface area (Å²) in [6, 6.07) is 10.9. The molecular formula is C13H11ClN2OS. The van der Waals surface area contributed by atoms with E-state index >= 15 is 0 Å². The van der Waals surface area contributed by atoms with E-state index in [0.717, 1.165) is 5.56 Å². The lowest BCUT2D eigenvalue weighted by Gasteiger charge is -2.09. The fraction of sp³-hybridized carbons (Fsp3) is 0.0769. The minimum Gasteiger partial charge on any atom is -0.489 e. The molecule has 1 heterocycles. The first-order valence-electron chi connectivity index (χ1n) is 5.29. The van der Waals surface area contributed by atoms with Gasteiger partial charge in [-0.05, 0) is 24.3 Å². The summed E-state index contributed by atoms with van der Waals surface area (Å²) in [4.78, 5) is 4.40. The SMILES string of the molecule is NC(=S)c1ncccc1COc1cccc(Cl)c1. The molecule has 5 heteroatoms. The molecule has 18 heavy (non-hydrogen) atoms. The third-order valence-electron chi connectivity index (χ3n) is 2.32. The zero-order valence-electron chi connectivity index (χ0n) is 9.47. The minimum atomic E-state index is 0.264. The highest BCUT2D eigenvalue weighted by Gasteiger charge is 2.06. The van der Waals surface area contributed by atoms with E-state index in [1.807, 2.05) is 24.3 Å². The average Bonchev–Trinajstić information content (AvgIpc) is 2.37. The smallest absolute Gasteiger partial charge is 0.123 e. The Balaban J connectivity index is 2.13. The fourth-order valence-electron chi connectivity index (χ4n) is 1.49. The summed E-state index contributed by atoms with van der Waals surface area (Å²) < 4.78 is 5.62. The van der Waals surface area contributed by atoms with Crippen LogP contribution in [0.25, 0.3) is 0 Å². The van der Waals surface area contributed by atoms with Crippen molar-refractivity contribution in [3.8, 4) is 5.75 Å². The third-order valence-corrected chi connectivity index (χ3v) is 2.74. The van der Waals surface area contributed by atoms with Crippen LogP contribution in [0.5, 0.6) is 5.75 Å². The number of pyridine rings is 1. The Morgan fingerprint density at radius 2 is 2.17 bits per heavy atom. The Hall–Kier alpha value is -1.65. The first-order valence-corrected chi connectivity index (χ1v) is 6.07. The molecule has 0 saturated carbocycles. The van der Waals surface area contributed by atoms with Crippen molar-refractivity contribution in [3.05, 3.63) is 58.9 Å². The normalized spacial score (nSPS) is 10.1. The molecule has 2 N–H and O–H groups in total. The molecular weight excluding hydrogens is 268 g/mol. The summed E-state index contributed by atoms with van der Waals surface area (Å²) in [5.41, 5.74) is 7.04. The summed E-state index contributed by atoms with van der Waals surface area (Å²) in [6.07, 6.45) is 1.65. The summed E-state index contributed by atoms with van der Waals surface area (Å²) in [5.74, 6) is 0.695. The van der Waals surface area contributed by atoms with Crippen LogP contribution in [-0.4, -0.2) is 9.97 Å². The van der Waals surface area contributed by atoms with Gasteiger partial charge in [0.1, 0.15) is 23.0 Å². The largest absolute Gasteiger partial charge is 0.489 e. The Labute approximate surface area is 116 Å². The van der Waals surface area contributed by atoms with Crippen LogP contribution in [0.4, 0.5) is 0 Å². The van der Waals surface area contributed by atoms with Crippen LogP contribution in [0.1, 0.15) is 11.3 Å². The predicted octanol–water partition coefficient (Wildman–Crippen LogP) is 2.95. The second-order valence-electron chi connectivity index (χ2n) is 3.62. The Morgan fingerprint density at radius 1 is 1.33 bits per heavy atom. The number of rotatable bonds is 4. The van der Waals surface area contributed by atoms with Gasteiger partial charge in [0.05, 0.1) is 0 Å². The maximum Gasteiger partial charge on any atom is 0.123 e. The maximum atomic E-state index is 5.88. The molecule has 0 spiro atoms. The van der Waals surface area contributed by atoms with Gasteiger partial charge >= 0.3 is 0 Å². The molecule has 1 aromatic heterocycles. The van der Waals surface area contributed by atoms with Crippen LogP contribution >= 0.6 is 23.8 Å². The highest BCUT2D eigenvalue weighted by Crippen LogP contribution is 2.18. The first-order chi connectivity index (χ1) is 8.66. The van der Waals surface area contributed by atoms with E-state index < -0.39 is 0 Å². The van der Waals surface area contributed by atoms with Crippen LogP contribution in [0.2, 0.25) is 5.02 Å². The van der Waals surface area contributed by atoms with Crippen molar-refractivity contribution in [3.63, 3.8) is 0 Å². The van der Waals surface area contributed by atoms with E-state index in [1.165, 1.54) is 0 Å². The van der Waals surface area contributed by atoms with Gasteiger partial charge in [0.25, 0.3) is 0 Å². The van der Waals surface area contributed by atoms with Gasteiger partial charge in [0, 0.05) is 16.8 Å². The molecule has 2 rings (SSSR count). The van der Waals surface area contributed by atoms with E-state index in [1.54, 1.807) is 18.3 Å². The lowest BCUT2D eigenvalue weighted by Crippen LogP contribution is -2.15. The number of hydrogen-bond donors (Lipinski definition) is 1. The lowest BCUT2D eigenvalue weighted by molar-refractivity contribution is 0.305. The van der Waals surface area contributed by atoms with Crippen molar-refractivity contribution < 1.29 is 4.74 Å². The molecule has 92 valence electrons. The van der Waals surface area contributed by atoms with Gasteiger partial charge in [-0.25, -0.2) is 0 Å². The van der Waals surface area contributed by atoms with Crippen molar-refractivity contribution in [2.24, 2.45) is 5.73 Å². The van der Waals surface area contributed by atoms with Crippen LogP contribution in [-0.2, 0) is 6.61 Å². The molecule has 0 atom stereocenters. The zero-order valence-corrected chi connectivity index (χ0v) is 11.0. The number of hydrogen-bond acceptors (Lipinski definition) is 3. The number of aromatic nitrogens is 1. The first kappa shape index (κ1) is 12.8. The van der Waals surface area contributed by atoms with Gasteiger partial charge in [-0.2, -0.15) is 0 Å². The van der Waals surface area contributed by atoms with Gasteiger partial charge in [0.15, 0.2) is 0 Å². The fourth-order valence-corrected chi connectivity index (χ4v) is 1.86. The summed E-state index contributed by atoms with van der Waals surface area (Å²) >= 11 is 10.8. The summed E-state index contributed by atoms with van der Waals surface area (Å²) in [5, 5.41) is 0.633. The van der Waals surface area contributed by atoms with Crippen LogP contribution < -0.4 is 10.5 Å². The van der Waals surface area contributed by atoms with E-state index in [0.29, 0.717) is 23.1 Å². The Bertz CT molecular complexity index is 574. The van der Waals surface area contributed by atoms with Crippen molar-refractivity contribution in [2.75, 3.05) is 0 Å². The molecule has 2 aromatic rings. The van der Waals surface area contributed by atoms with Crippen molar-refractivity contribution >= 4 is 28.8 Å². The summed E-state index contributed by atoms with van der Waals surface area (Å²) in [7, 11) is 0. The maximum absolute atomic E-state index is 5.88. The van der Waals surface area contributed by atoms with E-state index in [9.17, 15) is 0 Å². The van der Waals surface area contributed by atoms with Crippen molar-refractivity contribution in [1.29, 1.82) is 0 Å². The molecule has 3 nitrogen and oxygen atoms in total. The predicted molar refractivity (Wildman–Crippen MR) is 75.9 cm³/mol. The molecule has 0 aliphatic heterocycles. The number of benzene rings is 1. The van der Waals surface area contributed by atoms with Gasteiger partial charge in [-0.15, -0.1) is 0 Å². The molecule has 0 unspecified atom stereocenters. The van der Waals surface area contributed by atoms with Crippen molar-refractivity contribution in [2.45, 2.75) is 6.61 Å². The number of halogens is 1. The van der Waals surface area contributed by atoms with Gasteiger partial charge in [-0.1, -0.05) is 36.0 Å². The number of nitrogens with zero attached hydrogens (tertiary/aromatic N) is 1. The standard InChI is InChI=1S/C13H11ClN2OS/c14-10-4-1-5-11(7-10)17-8-9-3-2-6-16-12(9)13(15)18/h1-7H,8H2,(H2,15,18). The molecule has 0 bridgehead atoms. The summed E-state index contributed by atoms with van der Waals surface area (Å²) in [6.45, 7) is 0.348. The highest BCUT2D eigenvalue weighted by atomic mass is 35.5. The molecule has 0 saturated heterocycles. The third kappa shape index (κ3) is 3.18. The monoisotopic (exact) mass is 278 g/mol. The van der Waals surface area contributed by atoms with Gasteiger partial charge < -0.3 is 10.5 Å². The quantitative estimate of drug-likeness (QED) is 0.874. The number of ether oxygens (including phenoxy) is 1. The second-order valence-corrected chi connectivity index (χ2v) is 4.50. The van der Waals surface area contributed by atoms with Crippen LogP contribution in [0.3, 0.4) is 0 Å².